The van der Waals surface area contributed by atoms with Gasteiger partial charge in [-0.1, -0.05) is 22.6 Å². The zero-order chi connectivity index (χ0) is 18.8. The van der Waals surface area contributed by atoms with Gasteiger partial charge >= 0.3 is 0 Å². The fourth-order valence-electron chi connectivity index (χ4n) is 2.76. The van der Waals surface area contributed by atoms with Gasteiger partial charge in [-0.25, -0.2) is 4.98 Å². The number of aromatic nitrogens is 2. The van der Waals surface area contributed by atoms with Gasteiger partial charge in [0.15, 0.2) is 5.13 Å². The van der Waals surface area contributed by atoms with Gasteiger partial charge in [-0.15, -0.1) is 0 Å². The predicted octanol–water partition coefficient (Wildman–Crippen LogP) is 3.81. The topological polar surface area (TPSA) is 62.5 Å². The van der Waals surface area contributed by atoms with Crippen LogP contribution in [-0.4, -0.2) is 48.1 Å². The molecule has 0 N–H and O–H groups in total. The van der Waals surface area contributed by atoms with Crippen LogP contribution in [0.2, 0.25) is 0 Å². The van der Waals surface area contributed by atoms with Gasteiger partial charge in [-0.05, 0) is 65.0 Å². The van der Waals surface area contributed by atoms with E-state index in [1.165, 1.54) is 16.9 Å². The first-order valence-corrected chi connectivity index (χ1v) is 9.45. The Bertz CT molecular complexity index is 929. The smallest absolute Gasteiger partial charge is 0.298 e. The van der Waals surface area contributed by atoms with Crippen LogP contribution in [0.25, 0.3) is 10.2 Å². The number of nitrogens with zero attached hydrogens (tertiary/aromatic N) is 4. The first kappa shape index (κ1) is 18.5. The van der Waals surface area contributed by atoms with Crippen LogP contribution in [0.1, 0.15) is 33.8 Å². The Morgan fingerprint density at radius 1 is 1.19 bits per heavy atom. The lowest BCUT2D eigenvalue weighted by Crippen LogP contribution is -2.33. The normalized spacial score (nSPS) is 11.5. The molecule has 6 nitrogen and oxygen atoms in total. The highest BCUT2D eigenvalue weighted by atomic mass is 32.1. The number of benzene rings is 1. The number of hydrogen-bond donors (Lipinski definition) is 0. The second kappa shape index (κ2) is 7.55. The molecule has 0 saturated heterocycles. The molecule has 1 aromatic carbocycles. The van der Waals surface area contributed by atoms with E-state index in [-0.39, 0.29) is 11.7 Å². The zero-order valence-corrected chi connectivity index (χ0v) is 16.7. The second-order valence-electron chi connectivity index (χ2n) is 6.80. The van der Waals surface area contributed by atoms with Gasteiger partial charge in [-0.3, -0.25) is 9.69 Å². The number of thiazole rings is 1. The van der Waals surface area contributed by atoms with E-state index in [1.807, 2.05) is 14.1 Å². The van der Waals surface area contributed by atoms with Crippen molar-refractivity contribution < 1.29 is 9.32 Å². The van der Waals surface area contributed by atoms with E-state index in [1.54, 1.807) is 17.9 Å². The molecule has 0 radical (unpaired) electrons. The summed E-state index contributed by atoms with van der Waals surface area (Å²) in [5.74, 6) is 0.0531. The SMILES string of the molecule is Cc1cc(C(=O)N(CCCN(C)C)c2nc3c(C)c(C)ccc3s2)on1. The van der Waals surface area contributed by atoms with Gasteiger partial charge in [0.2, 0.25) is 5.76 Å². The van der Waals surface area contributed by atoms with Gasteiger partial charge in [0.25, 0.3) is 5.91 Å². The third-order valence-corrected chi connectivity index (χ3v) is 5.42. The van der Waals surface area contributed by atoms with Crippen LogP contribution >= 0.6 is 11.3 Å². The van der Waals surface area contributed by atoms with Crippen LogP contribution in [0.5, 0.6) is 0 Å². The molecule has 138 valence electrons. The molecule has 3 rings (SSSR count). The van der Waals surface area contributed by atoms with E-state index in [9.17, 15) is 4.79 Å². The van der Waals surface area contributed by atoms with Crippen molar-refractivity contribution in [1.82, 2.24) is 15.0 Å². The minimum absolute atomic E-state index is 0.196. The molecule has 0 spiro atoms. The van der Waals surface area contributed by atoms with Gasteiger partial charge in [0.1, 0.15) is 0 Å². The number of carbonyl (C=O) groups excluding carboxylic acids is 1. The van der Waals surface area contributed by atoms with Gasteiger partial charge in [0, 0.05) is 12.6 Å². The van der Waals surface area contributed by atoms with Gasteiger partial charge < -0.3 is 9.42 Å². The quantitative estimate of drug-likeness (QED) is 0.658. The van der Waals surface area contributed by atoms with Crippen molar-refractivity contribution in [1.29, 1.82) is 0 Å². The van der Waals surface area contributed by atoms with Crippen molar-refractivity contribution in [3.63, 3.8) is 0 Å². The van der Waals surface area contributed by atoms with E-state index in [0.29, 0.717) is 17.4 Å². The predicted molar refractivity (Wildman–Crippen MR) is 105 cm³/mol. The first-order valence-electron chi connectivity index (χ1n) is 8.63. The number of aryl methyl sites for hydroxylation is 3. The second-order valence-corrected chi connectivity index (χ2v) is 7.81. The fraction of sp³-hybridized carbons (Fsp3) is 0.421. The van der Waals surface area contributed by atoms with Crippen molar-refractivity contribution in [2.75, 3.05) is 32.1 Å². The lowest BCUT2D eigenvalue weighted by atomic mass is 10.1. The Labute approximate surface area is 157 Å². The van der Waals surface area contributed by atoms with Crippen molar-refractivity contribution in [3.8, 4) is 0 Å². The van der Waals surface area contributed by atoms with Gasteiger partial charge in [0.05, 0.1) is 15.9 Å². The lowest BCUT2D eigenvalue weighted by Gasteiger charge is -2.19. The van der Waals surface area contributed by atoms with E-state index in [2.05, 4.69) is 36.0 Å². The molecule has 26 heavy (non-hydrogen) atoms. The summed E-state index contributed by atoms with van der Waals surface area (Å²) in [6, 6.07) is 5.83. The molecular formula is C19H24N4O2S. The average Bonchev–Trinajstić information content (AvgIpc) is 3.21. The number of fused-ring (bicyclic) bond motifs is 1. The molecule has 3 aromatic rings. The summed E-state index contributed by atoms with van der Waals surface area (Å²) in [5.41, 5.74) is 4.01. The van der Waals surface area contributed by atoms with Crippen LogP contribution < -0.4 is 4.90 Å². The maximum Gasteiger partial charge on any atom is 0.298 e. The molecular weight excluding hydrogens is 348 g/mol. The molecule has 0 aliphatic carbocycles. The Morgan fingerprint density at radius 3 is 2.62 bits per heavy atom. The Balaban J connectivity index is 1.96. The standard InChI is InChI=1S/C19H24N4O2S/c1-12-7-8-16-17(14(12)3)20-19(26-16)23(10-6-9-22(4)5)18(24)15-11-13(2)21-25-15/h7-8,11H,6,9-10H2,1-5H3. The van der Waals surface area contributed by atoms with Crippen LogP contribution in [0, 0.1) is 20.8 Å². The minimum Gasteiger partial charge on any atom is -0.351 e. The number of hydrogen-bond acceptors (Lipinski definition) is 6. The highest BCUT2D eigenvalue weighted by Gasteiger charge is 2.24. The lowest BCUT2D eigenvalue weighted by molar-refractivity contribution is 0.0950. The zero-order valence-electron chi connectivity index (χ0n) is 15.9. The van der Waals surface area contributed by atoms with Crippen LogP contribution in [-0.2, 0) is 0 Å². The van der Waals surface area contributed by atoms with Gasteiger partial charge in [-0.2, -0.15) is 0 Å². The molecule has 0 aliphatic rings. The fourth-order valence-corrected chi connectivity index (χ4v) is 3.81. The summed E-state index contributed by atoms with van der Waals surface area (Å²) in [4.78, 5) is 21.6. The molecule has 0 atom stereocenters. The van der Waals surface area contributed by atoms with Crippen molar-refractivity contribution in [3.05, 3.63) is 40.8 Å². The van der Waals surface area contributed by atoms with Crippen molar-refractivity contribution in [2.45, 2.75) is 27.2 Å². The molecule has 0 saturated carbocycles. The number of anilines is 1. The molecule has 0 unspecified atom stereocenters. The number of amides is 1. The summed E-state index contributed by atoms with van der Waals surface area (Å²) in [5, 5.41) is 4.54. The summed E-state index contributed by atoms with van der Waals surface area (Å²) in [6.07, 6.45) is 0.847. The molecule has 1 amide bonds. The molecule has 7 heteroatoms. The van der Waals surface area contributed by atoms with Crippen LogP contribution in [0.15, 0.2) is 22.7 Å². The van der Waals surface area contributed by atoms with E-state index < -0.39 is 0 Å². The Morgan fingerprint density at radius 2 is 1.96 bits per heavy atom. The van der Waals surface area contributed by atoms with Crippen LogP contribution in [0.3, 0.4) is 0 Å². The number of carbonyl (C=O) groups is 1. The maximum absolute atomic E-state index is 13.0. The van der Waals surface area contributed by atoms with Crippen molar-refractivity contribution in [2.24, 2.45) is 0 Å². The van der Waals surface area contributed by atoms with E-state index >= 15 is 0 Å². The summed E-state index contributed by atoms with van der Waals surface area (Å²) >= 11 is 1.54. The Kier molecular flexibility index (Phi) is 5.38. The average molecular weight is 372 g/mol. The van der Waals surface area contributed by atoms with E-state index in [4.69, 9.17) is 9.51 Å². The molecule has 2 heterocycles. The van der Waals surface area contributed by atoms with E-state index in [0.717, 1.165) is 28.7 Å². The summed E-state index contributed by atoms with van der Waals surface area (Å²) in [7, 11) is 4.05. The largest absolute Gasteiger partial charge is 0.351 e. The monoisotopic (exact) mass is 372 g/mol. The summed E-state index contributed by atoms with van der Waals surface area (Å²) in [6.45, 7) is 7.42. The van der Waals surface area contributed by atoms with Crippen LogP contribution in [0.4, 0.5) is 5.13 Å². The third-order valence-electron chi connectivity index (χ3n) is 4.38. The molecule has 2 aromatic heterocycles. The maximum atomic E-state index is 13.0. The van der Waals surface area contributed by atoms with Crippen molar-refractivity contribution >= 4 is 32.6 Å². The molecule has 0 aliphatic heterocycles. The highest BCUT2D eigenvalue weighted by Crippen LogP contribution is 2.32. The first-order chi connectivity index (χ1) is 12.4. The highest BCUT2D eigenvalue weighted by molar-refractivity contribution is 7.22. The Hall–Kier alpha value is -2.25. The molecule has 0 bridgehead atoms. The third kappa shape index (κ3) is 3.78. The minimum atomic E-state index is -0.196. The summed E-state index contributed by atoms with van der Waals surface area (Å²) < 4.78 is 6.28. The number of rotatable bonds is 6. The molecule has 0 fully saturated rings.